The Kier molecular flexibility index (Phi) is 6.03. The van der Waals surface area contributed by atoms with Crippen molar-refractivity contribution >= 4 is 34.0 Å². The van der Waals surface area contributed by atoms with Gasteiger partial charge in [-0.05, 0) is 66.4 Å². The largest absolute Gasteiger partial charge is 0.493 e. The van der Waals surface area contributed by atoms with E-state index in [-0.39, 0.29) is 28.7 Å². The maximum absolute atomic E-state index is 13.3. The minimum Gasteiger partial charge on any atom is -0.493 e. The number of non-ortho nitro benzene ring substituents is 1. The number of carbonyl (C=O) groups is 2. The molecule has 1 aromatic heterocycles. The van der Waals surface area contributed by atoms with Crippen LogP contribution >= 0.6 is 0 Å². The molecule has 4 aromatic rings. The number of hydrogen-bond donors (Lipinski definition) is 1. The summed E-state index contributed by atoms with van der Waals surface area (Å²) in [5.41, 5.74) is 5.26. The zero-order valence-electron chi connectivity index (χ0n) is 21.0. The van der Waals surface area contributed by atoms with Crippen LogP contribution in [-0.4, -0.2) is 28.8 Å². The summed E-state index contributed by atoms with van der Waals surface area (Å²) in [7, 11) is 1.48. The van der Waals surface area contributed by atoms with E-state index in [2.05, 4.69) is 10.3 Å². The van der Waals surface area contributed by atoms with Crippen LogP contribution in [0, 0.1) is 10.1 Å². The predicted octanol–water partition coefficient (Wildman–Crippen LogP) is 5.94. The number of esters is 1. The molecule has 1 atom stereocenters. The smallest absolute Gasteiger partial charge is 0.343 e. The Morgan fingerprint density at radius 2 is 1.87 bits per heavy atom. The Hall–Kier alpha value is -5.05. The molecule has 2 aliphatic rings. The Bertz CT molecular complexity index is 1690. The normalized spacial score (nSPS) is 16.2. The van der Waals surface area contributed by atoms with Gasteiger partial charge in [0.15, 0.2) is 17.3 Å². The number of carbonyl (C=O) groups excluding carboxylic acids is 2. The maximum Gasteiger partial charge on any atom is 0.343 e. The van der Waals surface area contributed by atoms with Crippen LogP contribution in [0.5, 0.6) is 11.5 Å². The minimum absolute atomic E-state index is 0.105. The summed E-state index contributed by atoms with van der Waals surface area (Å²) in [6.45, 7) is 0. The second-order valence-corrected chi connectivity index (χ2v) is 9.43. The third-order valence-electron chi connectivity index (χ3n) is 7.18. The molecule has 9 heteroatoms. The zero-order chi connectivity index (χ0) is 27.1. The second kappa shape index (κ2) is 9.68. The molecule has 1 aliphatic carbocycles. The molecule has 1 unspecified atom stereocenters. The van der Waals surface area contributed by atoms with Crippen LogP contribution in [0.25, 0.3) is 10.9 Å². The van der Waals surface area contributed by atoms with Crippen molar-refractivity contribution in [3.63, 3.8) is 0 Å². The number of nitro benzene ring substituents is 1. The minimum atomic E-state index is -0.673. The third kappa shape index (κ3) is 4.27. The molecular weight excluding hydrogens is 498 g/mol. The summed E-state index contributed by atoms with van der Waals surface area (Å²) in [4.78, 5) is 41.0. The summed E-state index contributed by atoms with van der Waals surface area (Å²) >= 11 is 0. The van der Waals surface area contributed by atoms with Crippen molar-refractivity contribution in [2.24, 2.45) is 0 Å². The summed E-state index contributed by atoms with van der Waals surface area (Å²) < 4.78 is 11.2. The number of ketones is 1. The van der Waals surface area contributed by atoms with Gasteiger partial charge in [-0.2, -0.15) is 0 Å². The maximum atomic E-state index is 13.3. The van der Waals surface area contributed by atoms with Crippen LogP contribution in [0.4, 0.5) is 11.4 Å². The molecule has 0 saturated heterocycles. The molecular formula is C30H23N3O6. The molecule has 39 heavy (non-hydrogen) atoms. The molecule has 0 saturated carbocycles. The number of anilines is 1. The van der Waals surface area contributed by atoms with E-state index >= 15 is 0 Å². The number of pyridine rings is 1. The number of hydrogen-bond acceptors (Lipinski definition) is 8. The molecule has 0 radical (unpaired) electrons. The second-order valence-electron chi connectivity index (χ2n) is 9.43. The van der Waals surface area contributed by atoms with Crippen molar-refractivity contribution in [2.75, 3.05) is 12.4 Å². The Labute approximate surface area is 223 Å². The fraction of sp³-hybridized carbons (Fsp3) is 0.167. The number of nitrogens with one attached hydrogen (secondary N) is 1. The van der Waals surface area contributed by atoms with Gasteiger partial charge < -0.3 is 14.8 Å². The van der Waals surface area contributed by atoms with E-state index in [1.54, 1.807) is 18.3 Å². The monoisotopic (exact) mass is 521 g/mol. The van der Waals surface area contributed by atoms with Crippen molar-refractivity contribution in [1.82, 2.24) is 4.98 Å². The van der Waals surface area contributed by atoms with Crippen LogP contribution in [0.15, 0.2) is 84.2 Å². The van der Waals surface area contributed by atoms with E-state index in [0.29, 0.717) is 12.2 Å². The zero-order valence-corrected chi connectivity index (χ0v) is 21.0. The molecule has 2 heterocycles. The van der Waals surface area contributed by atoms with Gasteiger partial charge in [-0.15, -0.1) is 0 Å². The first-order valence-corrected chi connectivity index (χ1v) is 12.5. The molecule has 6 rings (SSSR count). The lowest BCUT2D eigenvalue weighted by Gasteiger charge is -2.35. The van der Waals surface area contributed by atoms with Crippen molar-refractivity contribution in [3.05, 3.63) is 111 Å². The molecule has 0 amide bonds. The van der Waals surface area contributed by atoms with Gasteiger partial charge in [-0.25, -0.2) is 4.79 Å². The average molecular weight is 522 g/mol. The highest BCUT2D eigenvalue weighted by Crippen LogP contribution is 2.49. The van der Waals surface area contributed by atoms with Gasteiger partial charge >= 0.3 is 5.97 Å². The molecule has 1 aliphatic heterocycles. The molecule has 0 spiro atoms. The molecule has 9 nitrogen and oxygen atoms in total. The van der Waals surface area contributed by atoms with Crippen LogP contribution in [0.1, 0.15) is 46.7 Å². The lowest BCUT2D eigenvalue weighted by molar-refractivity contribution is -0.384. The summed E-state index contributed by atoms with van der Waals surface area (Å²) in [6.07, 6.45) is 3.80. The summed E-state index contributed by atoms with van der Waals surface area (Å²) in [5.74, 6) is -0.403. The average Bonchev–Trinajstić information content (AvgIpc) is 2.96. The predicted molar refractivity (Wildman–Crippen MR) is 144 cm³/mol. The highest BCUT2D eigenvalue weighted by molar-refractivity contribution is 6.03. The van der Waals surface area contributed by atoms with Gasteiger partial charge in [0.2, 0.25) is 0 Å². The lowest BCUT2D eigenvalue weighted by atomic mass is 9.74. The van der Waals surface area contributed by atoms with E-state index < -0.39 is 10.9 Å². The van der Waals surface area contributed by atoms with E-state index in [1.807, 2.05) is 30.3 Å². The quantitative estimate of drug-likeness (QED) is 0.148. The van der Waals surface area contributed by atoms with Crippen molar-refractivity contribution in [2.45, 2.75) is 25.2 Å². The summed E-state index contributed by atoms with van der Waals surface area (Å²) in [5, 5.41) is 15.4. The number of methoxy groups -OCH3 is 1. The van der Waals surface area contributed by atoms with Crippen LogP contribution in [0.2, 0.25) is 0 Å². The third-order valence-corrected chi connectivity index (χ3v) is 7.18. The van der Waals surface area contributed by atoms with Crippen molar-refractivity contribution < 1.29 is 24.0 Å². The van der Waals surface area contributed by atoms with E-state index in [0.717, 1.165) is 51.8 Å². The van der Waals surface area contributed by atoms with Gasteiger partial charge in [0, 0.05) is 53.0 Å². The standard InChI is InChI=1S/C30H23N3O6/c1-38-26-16-18(9-14-25(26)39-30(35)17-7-10-19(11-8-17)33(36)37)27-28-20-4-3-15-31-21(20)12-13-23(28)32-22-5-2-6-24(34)29(22)27/h3-4,7-16,27,32H,2,5-6H2,1H3. The van der Waals surface area contributed by atoms with Gasteiger partial charge in [0.25, 0.3) is 5.69 Å². The van der Waals surface area contributed by atoms with Gasteiger partial charge in [-0.3, -0.25) is 19.9 Å². The highest BCUT2D eigenvalue weighted by atomic mass is 16.6. The fourth-order valence-corrected chi connectivity index (χ4v) is 5.39. The molecule has 3 aromatic carbocycles. The topological polar surface area (TPSA) is 121 Å². The number of Topliss-reactive ketones (excluding diaryl/α,β-unsaturated/α-hetero) is 1. The Morgan fingerprint density at radius 3 is 2.64 bits per heavy atom. The van der Waals surface area contributed by atoms with E-state index in [4.69, 9.17) is 9.47 Å². The van der Waals surface area contributed by atoms with Gasteiger partial charge in [-0.1, -0.05) is 12.1 Å². The van der Waals surface area contributed by atoms with Gasteiger partial charge in [0.1, 0.15) is 0 Å². The van der Waals surface area contributed by atoms with Crippen molar-refractivity contribution in [3.8, 4) is 11.5 Å². The van der Waals surface area contributed by atoms with Crippen molar-refractivity contribution in [1.29, 1.82) is 0 Å². The highest BCUT2D eigenvalue weighted by Gasteiger charge is 2.36. The number of ether oxygens (including phenoxy) is 2. The van der Waals surface area contributed by atoms with Gasteiger partial charge in [0.05, 0.1) is 23.1 Å². The number of aromatic nitrogens is 1. The first-order chi connectivity index (χ1) is 18.9. The molecule has 1 N–H and O–H groups in total. The lowest BCUT2D eigenvalue weighted by Crippen LogP contribution is -2.27. The first kappa shape index (κ1) is 24.3. The van der Waals surface area contributed by atoms with Crippen LogP contribution in [0.3, 0.4) is 0 Å². The number of fused-ring (bicyclic) bond motifs is 3. The molecule has 0 fully saturated rings. The Balaban J connectivity index is 1.42. The number of nitro groups is 1. The number of nitrogens with zero attached hydrogens (tertiary/aromatic N) is 2. The first-order valence-electron chi connectivity index (χ1n) is 12.5. The number of rotatable bonds is 5. The SMILES string of the molecule is COc1cc(C2C3=C(CCCC3=O)Nc3ccc4ncccc4c32)ccc1OC(=O)c1ccc([N+](=O)[O-])cc1. The number of benzene rings is 3. The van der Waals surface area contributed by atoms with Crippen LogP contribution < -0.4 is 14.8 Å². The summed E-state index contributed by atoms with van der Waals surface area (Å²) in [6, 6.07) is 18.3. The molecule has 194 valence electrons. The molecule has 0 bridgehead atoms. The fourth-order valence-electron chi connectivity index (χ4n) is 5.39. The van der Waals surface area contributed by atoms with Crippen LogP contribution in [-0.2, 0) is 4.79 Å². The number of allylic oxidation sites excluding steroid dienone is 2. The van der Waals surface area contributed by atoms with E-state index in [1.165, 1.54) is 31.4 Å². The van der Waals surface area contributed by atoms with E-state index in [9.17, 15) is 19.7 Å². The Morgan fingerprint density at radius 1 is 1.05 bits per heavy atom.